The molecule has 2 unspecified atom stereocenters. The van der Waals surface area contributed by atoms with Gasteiger partial charge in [-0.2, -0.15) is 0 Å². The van der Waals surface area contributed by atoms with Crippen molar-refractivity contribution < 1.29 is 19.5 Å². The monoisotopic (exact) mass is 637 g/mol. The largest absolute Gasteiger partial charge is 0.394 e. The van der Waals surface area contributed by atoms with Crippen LogP contribution in [0.2, 0.25) is 0 Å². The van der Waals surface area contributed by atoms with Crippen molar-refractivity contribution in [2.45, 2.75) is 54.7 Å². The number of amides is 3. The van der Waals surface area contributed by atoms with Crippen LogP contribution in [0.5, 0.6) is 0 Å². The van der Waals surface area contributed by atoms with Crippen molar-refractivity contribution in [1.82, 2.24) is 9.80 Å². The first-order chi connectivity index (χ1) is 22.4. The fourth-order valence-corrected chi connectivity index (χ4v) is 10.2. The molecule has 6 atom stereocenters. The molecule has 1 N–H and O–H groups in total. The summed E-state index contributed by atoms with van der Waals surface area (Å²) in [7, 11) is 0. The van der Waals surface area contributed by atoms with Crippen molar-refractivity contribution in [3.8, 4) is 0 Å². The Morgan fingerprint density at radius 3 is 2.43 bits per heavy atom. The number of carbonyl (C=O) groups is 3. The molecule has 6 rings (SSSR count). The Labute approximate surface area is 275 Å². The zero-order valence-electron chi connectivity index (χ0n) is 26.5. The number of anilines is 1. The second-order valence-electron chi connectivity index (χ2n) is 12.7. The minimum atomic E-state index is -0.843. The van der Waals surface area contributed by atoms with E-state index in [0.29, 0.717) is 25.9 Å². The second kappa shape index (κ2) is 13.5. The van der Waals surface area contributed by atoms with E-state index in [0.717, 1.165) is 34.9 Å². The van der Waals surface area contributed by atoms with Gasteiger partial charge in [0.05, 0.1) is 29.2 Å². The van der Waals surface area contributed by atoms with Crippen LogP contribution in [0.3, 0.4) is 0 Å². The van der Waals surface area contributed by atoms with Gasteiger partial charge in [0.15, 0.2) is 0 Å². The molecule has 3 heterocycles. The highest BCUT2D eigenvalue weighted by atomic mass is 32.2. The zero-order valence-corrected chi connectivity index (χ0v) is 27.3. The van der Waals surface area contributed by atoms with Crippen molar-refractivity contribution in [3.63, 3.8) is 0 Å². The average Bonchev–Trinajstić information content (AvgIpc) is 3.73. The third kappa shape index (κ3) is 5.45. The van der Waals surface area contributed by atoms with Crippen molar-refractivity contribution in [1.29, 1.82) is 0 Å². The number of aliphatic hydroxyl groups excluding tert-OH is 1. The van der Waals surface area contributed by atoms with Crippen molar-refractivity contribution in [2.75, 3.05) is 31.1 Å². The molecule has 3 saturated heterocycles. The summed E-state index contributed by atoms with van der Waals surface area (Å²) >= 11 is 1.66. The maximum Gasteiger partial charge on any atom is 0.251 e. The summed E-state index contributed by atoms with van der Waals surface area (Å²) in [5, 5.41) is 12.9. The number of thioether (sulfide) groups is 1. The number of nitrogens with zero attached hydrogens (tertiary/aromatic N) is 3. The van der Waals surface area contributed by atoms with E-state index in [4.69, 9.17) is 0 Å². The summed E-state index contributed by atoms with van der Waals surface area (Å²) in [5.74, 6) is -1.60. The highest BCUT2D eigenvalue weighted by Gasteiger charge is 2.74. The van der Waals surface area contributed by atoms with Crippen LogP contribution in [0.25, 0.3) is 10.8 Å². The Bertz CT molecular complexity index is 1630. The molecule has 3 aliphatic heterocycles. The van der Waals surface area contributed by atoms with Crippen LogP contribution >= 0.6 is 11.8 Å². The number of hydrogen-bond acceptors (Lipinski definition) is 5. The van der Waals surface area contributed by atoms with Crippen LogP contribution in [-0.2, 0) is 20.8 Å². The molecule has 0 saturated carbocycles. The second-order valence-corrected chi connectivity index (χ2v) is 14.3. The zero-order chi connectivity index (χ0) is 32.4. The molecule has 0 aromatic heterocycles. The van der Waals surface area contributed by atoms with E-state index in [9.17, 15) is 14.7 Å². The number of rotatable bonds is 13. The van der Waals surface area contributed by atoms with E-state index >= 15 is 4.79 Å². The predicted molar refractivity (Wildman–Crippen MR) is 186 cm³/mol. The summed E-state index contributed by atoms with van der Waals surface area (Å²) in [5.41, 5.74) is 1.70. The third-order valence-electron chi connectivity index (χ3n) is 9.95. The quantitative estimate of drug-likeness (QED) is 0.251. The van der Waals surface area contributed by atoms with Gasteiger partial charge in [-0.1, -0.05) is 79.7 Å². The lowest BCUT2D eigenvalue weighted by Gasteiger charge is -2.39. The number of carbonyl (C=O) groups excluding carboxylic acids is 3. The lowest BCUT2D eigenvalue weighted by molar-refractivity contribution is -0.145. The lowest BCUT2D eigenvalue weighted by Crippen LogP contribution is -2.58. The van der Waals surface area contributed by atoms with Gasteiger partial charge in [-0.3, -0.25) is 14.4 Å². The number of benzene rings is 3. The molecule has 2 bridgehead atoms. The van der Waals surface area contributed by atoms with Gasteiger partial charge in [-0.25, -0.2) is 0 Å². The minimum Gasteiger partial charge on any atom is -0.394 e. The van der Waals surface area contributed by atoms with E-state index < -0.39 is 28.7 Å². The molecule has 3 aliphatic rings. The molecular weight excluding hydrogens is 595 g/mol. The maximum absolute atomic E-state index is 15.1. The van der Waals surface area contributed by atoms with Crippen LogP contribution in [0.1, 0.15) is 31.7 Å². The first-order valence-corrected chi connectivity index (χ1v) is 17.2. The average molecular weight is 638 g/mol. The van der Waals surface area contributed by atoms with Gasteiger partial charge >= 0.3 is 0 Å². The van der Waals surface area contributed by atoms with E-state index in [1.165, 1.54) is 0 Å². The first-order valence-electron chi connectivity index (χ1n) is 16.3. The van der Waals surface area contributed by atoms with Gasteiger partial charge in [0, 0.05) is 30.6 Å². The summed E-state index contributed by atoms with van der Waals surface area (Å²) in [6.07, 6.45) is 6.06. The van der Waals surface area contributed by atoms with E-state index in [1.807, 2.05) is 84.6 Å². The number of likely N-dealkylation sites (tertiary alicyclic amines) is 1. The molecule has 3 amide bonds. The molecule has 46 heavy (non-hydrogen) atoms. The minimum absolute atomic E-state index is 0.0340. The number of hydrogen-bond donors (Lipinski definition) is 1. The number of fused-ring (bicyclic) bond motifs is 2. The van der Waals surface area contributed by atoms with Gasteiger partial charge in [-0.15, -0.1) is 24.9 Å². The van der Waals surface area contributed by atoms with E-state index in [-0.39, 0.29) is 36.1 Å². The standard InChI is InChI=1S/C38H43N3O4S/c1-4-20-39(21-5-2)35(43)32-31-18-19-38(46-31)33(32)36(44)41(30(25-42)23-26-12-8-7-9-13-26)34(38)37(45)40(22-6-3)29-17-16-27-14-10-11-15-28(27)24-29/h4,6-17,24,30-34,42H,1,3,5,18-23,25H2,2H3/t30-,31+,32-,33+,34?,38?/m1/s1. The van der Waals surface area contributed by atoms with Gasteiger partial charge in [-0.05, 0) is 54.2 Å². The van der Waals surface area contributed by atoms with Gasteiger partial charge in [0.2, 0.25) is 11.8 Å². The molecule has 8 heteroatoms. The predicted octanol–water partition coefficient (Wildman–Crippen LogP) is 5.48. The highest BCUT2D eigenvalue weighted by Crippen LogP contribution is 2.67. The molecule has 1 spiro atoms. The summed E-state index contributed by atoms with van der Waals surface area (Å²) in [6.45, 7) is 10.8. The molecule has 240 valence electrons. The Morgan fingerprint density at radius 1 is 1.02 bits per heavy atom. The molecule has 0 radical (unpaired) electrons. The van der Waals surface area contributed by atoms with Crippen molar-refractivity contribution >= 4 is 45.9 Å². The van der Waals surface area contributed by atoms with Crippen molar-refractivity contribution in [3.05, 3.63) is 104 Å². The van der Waals surface area contributed by atoms with Crippen LogP contribution in [0, 0.1) is 11.8 Å². The Morgan fingerprint density at radius 2 is 1.74 bits per heavy atom. The SMILES string of the molecule is C=CCN(CCC)C(=O)[C@@H]1[C@@H]2CCC3(S2)C(C(=O)N(CC=C)c2ccc4ccccc4c2)N([C@@H](CO)Cc2ccccc2)C(=O)[C@H]13. The van der Waals surface area contributed by atoms with Gasteiger partial charge in [0.25, 0.3) is 5.91 Å². The molecule has 3 aromatic carbocycles. The van der Waals surface area contributed by atoms with Gasteiger partial charge in [0.1, 0.15) is 6.04 Å². The smallest absolute Gasteiger partial charge is 0.251 e. The Balaban J connectivity index is 1.45. The molecular formula is C38H43N3O4S. The normalized spacial score (nSPS) is 25.3. The summed E-state index contributed by atoms with van der Waals surface area (Å²) in [6, 6.07) is 22.3. The third-order valence-corrected chi connectivity index (χ3v) is 11.9. The molecule has 0 aliphatic carbocycles. The number of aliphatic hydroxyl groups is 1. The summed E-state index contributed by atoms with van der Waals surface area (Å²) in [4.78, 5) is 49.4. The molecule has 3 fully saturated rings. The Hall–Kier alpha value is -3.88. The van der Waals surface area contributed by atoms with Crippen LogP contribution < -0.4 is 4.90 Å². The van der Waals surface area contributed by atoms with E-state index in [1.54, 1.807) is 33.7 Å². The van der Waals surface area contributed by atoms with Crippen molar-refractivity contribution in [2.24, 2.45) is 11.8 Å². The maximum atomic E-state index is 15.1. The fraction of sp³-hybridized carbons (Fsp3) is 0.395. The summed E-state index contributed by atoms with van der Waals surface area (Å²) < 4.78 is -0.772. The lowest BCUT2D eigenvalue weighted by atomic mass is 9.70. The molecule has 7 nitrogen and oxygen atoms in total. The first kappa shape index (κ1) is 32.1. The van der Waals surface area contributed by atoms with Gasteiger partial charge < -0.3 is 19.8 Å². The highest BCUT2D eigenvalue weighted by molar-refractivity contribution is 8.02. The van der Waals surface area contributed by atoms with Crippen LogP contribution in [0.15, 0.2) is 98.1 Å². The van der Waals surface area contributed by atoms with Crippen LogP contribution in [-0.4, -0.2) is 80.9 Å². The van der Waals surface area contributed by atoms with E-state index in [2.05, 4.69) is 13.2 Å². The fourth-order valence-electron chi connectivity index (χ4n) is 8.05. The molecule has 3 aromatic rings. The Kier molecular flexibility index (Phi) is 9.39. The topological polar surface area (TPSA) is 81.2 Å². The van der Waals surface area contributed by atoms with Crippen LogP contribution in [0.4, 0.5) is 5.69 Å².